The van der Waals surface area contributed by atoms with Gasteiger partial charge in [0.15, 0.2) is 0 Å². The Balaban J connectivity index is 1.35. The lowest BCUT2D eigenvalue weighted by Gasteiger charge is -2.41. The molecule has 1 aromatic heterocycles. The predicted molar refractivity (Wildman–Crippen MR) is 150 cm³/mol. The van der Waals surface area contributed by atoms with E-state index in [-0.39, 0.29) is 11.3 Å². The van der Waals surface area contributed by atoms with Crippen molar-refractivity contribution in [2.24, 2.45) is 5.41 Å². The van der Waals surface area contributed by atoms with Crippen LogP contribution in [-0.2, 0) is 4.79 Å². The minimum Gasteiger partial charge on any atom is -0.497 e. The van der Waals surface area contributed by atoms with Crippen molar-refractivity contribution in [2.75, 3.05) is 32.5 Å². The van der Waals surface area contributed by atoms with Crippen molar-refractivity contribution >= 4 is 40.2 Å². The molecule has 0 saturated carbocycles. The molecule has 1 fully saturated rings. The predicted octanol–water partition coefficient (Wildman–Crippen LogP) is 6.73. The summed E-state index contributed by atoms with van der Waals surface area (Å²) in [6.45, 7) is 2.24. The fourth-order valence-corrected chi connectivity index (χ4v) is 6.56. The van der Waals surface area contributed by atoms with E-state index in [9.17, 15) is 23.8 Å². The number of aliphatic hydroxyl groups is 1. The highest BCUT2D eigenvalue weighted by Crippen LogP contribution is 2.43. The number of pyridine rings is 1. The van der Waals surface area contributed by atoms with Crippen LogP contribution in [0.4, 0.5) is 8.78 Å². The molecule has 0 radical (unpaired) electrons. The molecule has 39 heavy (non-hydrogen) atoms. The number of nitrogens with zero attached hydrogens (tertiary/aromatic N) is 2. The van der Waals surface area contributed by atoms with Crippen molar-refractivity contribution in [2.45, 2.75) is 49.5 Å². The van der Waals surface area contributed by atoms with Gasteiger partial charge in [-0.3, -0.25) is 9.78 Å². The molecule has 2 aromatic carbocycles. The lowest BCUT2D eigenvalue weighted by Crippen LogP contribution is -2.41. The number of aliphatic carboxylic acids is 1. The summed E-state index contributed by atoms with van der Waals surface area (Å²) in [4.78, 5) is 18.5. The summed E-state index contributed by atoms with van der Waals surface area (Å²) in [5.74, 6) is -0.713. The standard InChI is InChI=1S/C29H33ClF2N2O4S/c1-38-19-6-7-24-20(16-19)27(21(30)18-33-24)25(35)8-9-29(17-26(36)37)10-13-34(14-11-29)12-3-15-39-28-22(31)4-2-5-23(28)32/h2,4-7,16,18,25,35H,3,8-15,17H2,1H3,(H,36,37)/t25-/m0/s1. The van der Waals surface area contributed by atoms with E-state index in [1.165, 1.54) is 36.2 Å². The van der Waals surface area contributed by atoms with Gasteiger partial charge in [-0.2, -0.15) is 0 Å². The normalized spacial score (nSPS) is 16.3. The number of methoxy groups -OCH3 is 1. The Hall–Kier alpha value is -2.46. The number of likely N-dealkylation sites (tertiary alicyclic amines) is 1. The summed E-state index contributed by atoms with van der Waals surface area (Å²) < 4.78 is 33.0. The molecule has 2 N–H and O–H groups in total. The fourth-order valence-electron chi connectivity index (χ4n) is 5.39. The lowest BCUT2D eigenvalue weighted by atomic mass is 9.71. The monoisotopic (exact) mass is 578 g/mol. The second kappa shape index (κ2) is 13.3. The molecular weight excluding hydrogens is 546 g/mol. The van der Waals surface area contributed by atoms with Gasteiger partial charge >= 0.3 is 5.97 Å². The van der Waals surface area contributed by atoms with E-state index in [1.54, 1.807) is 19.2 Å². The number of aromatic nitrogens is 1. The number of fused-ring (bicyclic) bond motifs is 1. The number of carboxylic acids is 1. The topological polar surface area (TPSA) is 82.9 Å². The van der Waals surface area contributed by atoms with Crippen LogP contribution in [-0.4, -0.2) is 58.6 Å². The average molecular weight is 579 g/mol. The zero-order chi connectivity index (χ0) is 28.0. The largest absolute Gasteiger partial charge is 0.497 e. The first kappa shape index (κ1) is 29.5. The van der Waals surface area contributed by atoms with Crippen LogP contribution in [0.2, 0.25) is 5.02 Å². The van der Waals surface area contributed by atoms with E-state index in [4.69, 9.17) is 16.3 Å². The average Bonchev–Trinajstić information content (AvgIpc) is 2.91. The molecule has 0 bridgehead atoms. The first-order chi connectivity index (χ1) is 18.7. The third-order valence-corrected chi connectivity index (χ3v) is 9.05. The molecule has 6 nitrogen and oxygen atoms in total. The molecule has 3 aromatic rings. The highest BCUT2D eigenvalue weighted by atomic mass is 35.5. The Morgan fingerprint density at radius 3 is 2.62 bits per heavy atom. The van der Waals surface area contributed by atoms with Gasteiger partial charge in [0.25, 0.3) is 0 Å². The van der Waals surface area contributed by atoms with Gasteiger partial charge in [-0.05, 0) is 93.2 Å². The van der Waals surface area contributed by atoms with E-state index in [0.29, 0.717) is 58.7 Å². The summed E-state index contributed by atoms with van der Waals surface area (Å²) in [7, 11) is 1.57. The second-order valence-corrected chi connectivity index (χ2v) is 11.6. The Morgan fingerprint density at radius 1 is 1.23 bits per heavy atom. The third-order valence-electron chi connectivity index (χ3n) is 7.58. The molecule has 2 heterocycles. The summed E-state index contributed by atoms with van der Waals surface area (Å²) in [6.07, 6.45) is 3.75. The summed E-state index contributed by atoms with van der Waals surface area (Å²) in [5.41, 5.74) is 0.840. The number of thioether (sulfide) groups is 1. The van der Waals surface area contributed by atoms with Gasteiger partial charge in [-0.1, -0.05) is 17.7 Å². The first-order valence-electron chi connectivity index (χ1n) is 13.0. The van der Waals surface area contributed by atoms with E-state index >= 15 is 0 Å². The Bertz CT molecular complexity index is 1280. The molecule has 4 rings (SSSR count). The summed E-state index contributed by atoms with van der Waals surface area (Å²) in [5, 5.41) is 21.9. The number of carbonyl (C=O) groups is 1. The van der Waals surface area contributed by atoms with Gasteiger partial charge in [-0.25, -0.2) is 8.78 Å². The first-order valence-corrected chi connectivity index (χ1v) is 14.4. The van der Waals surface area contributed by atoms with Gasteiger partial charge in [0.1, 0.15) is 17.4 Å². The molecular formula is C29H33ClF2N2O4S. The fraction of sp³-hybridized carbons (Fsp3) is 0.448. The van der Waals surface area contributed by atoms with Crippen LogP contribution < -0.4 is 4.74 Å². The number of hydrogen-bond donors (Lipinski definition) is 2. The minimum absolute atomic E-state index is 0.0363. The molecule has 210 valence electrons. The van der Waals surface area contributed by atoms with E-state index in [0.717, 1.165) is 26.1 Å². The summed E-state index contributed by atoms with van der Waals surface area (Å²) in [6, 6.07) is 9.29. The van der Waals surface area contributed by atoms with Crippen molar-refractivity contribution in [1.82, 2.24) is 9.88 Å². The van der Waals surface area contributed by atoms with Crippen LogP contribution in [0.15, 0.2) is 47.5 Å². The van der Waals surface area contributed by atoms with Crippen LogP contribution in [0.5, 0.6) is 5.75 Å². The Kier molecular flexibility index (Phi) is 10.0. The van der Waals surface area contributed by atoms with Crippen LogP contribution in [0.3, 0.4) is 0 Å². The third kappa shape index (κ3) is 7.39. The Morgan fingerprint density at radius 2 is 1.95 bits per heavy atom. The maximum atomic E-state index is 13.8. The minimum atomic E-state index is -0.880. The number of ether oxygens (including phenoxy) is 1. The number of rotatable bonds is 12. The smallest absolute Gasteiger partial charge is 0.303 e. The zero-order valence-corrected chi connectivity index (χ0v) is 23.4. The molecule has 1 aliphatic rings. The lowest BCUT2D eigenvalue weighted by molar-refractivity contribution is -0.141. The van der Waals surface area contributed by atoms with Crippen LogP contribution in [0.25, 0.3) is 10.9 Å². The summed E-state index contributed by atoms with van der Waals surface area (Å²) >= 11 is 7.64. The van der Waals surface area contributed by atoms with Crippen molar-refractivity contribution in [3.63, 3.8) is 0 Å². The number of benzene rings is 2. The molecule has 0 aliphatic carbocycles. The van der Waals surface area contributed by atoms with Crippen molar-refractivity contribution in [3.8, 4) is 5.75 Å². The highest BCUT2D eigenvalue weighted by molar-refractivity contribution is 7.99. The molecule has 0 spiro atoms. The SMILES string of the molecule is COc1ccc2ncc(Cl)c([C@@H](O)CCC3(CC(=O)O)CCN(CCCSc4c(F)cccc4F)CC3)c2c1. The maximum Gasteiger partial charge on any atom is 0.303 e. The number of hydrogen-bond acceptors (Lipinski definition) is 6. The molecule has 1 atom stereocenters. The van der Waals surface area contributed by atoms with Gasteiger partial charge in [0.05, 0.1) is 35.1 Å². The molecule has 0 unspecified atom stereocenters. The van der Waals surface area contributed by atoms with E-state index in [1.807, 2.05) is 6.07 Å². The van der Waals surface area contributed by atoms with E-state index in [2.05, 4.69) is 9.88 Å². The second-order valence-electron chi connectivity index (χ2n) is 10.1. The van der Waals surface area contributed by atoms with Gasteiger partial charge in [0, 0.05) is 17.1 Å². The number of piperidine rings is 1. The molecule has 1 aliphatic heterocycles. The van der Waals surface area contributed by atoms with Crippen LogP contribution in [0.1, 0.15) is 50.2 Å². The van der Waals surface area contributed by atoms with Crippen molar-refractivity contribution in [3.05, 3.63) is 64.8 Å². The van der Waals surface area contributed by atoms with Crippen molar-refractivity contribution < 1.29 is 28.5 Å². The van der Waals surface area contributed by atoms with E-state index < -0.39 is 29.1 Å². The number of aliphatic hydroxyl groups excluding tert-OH is 1. The van der Waals surface area contributed by atoms with Gasteiger partial charge in [-0.15, -0.1) is 11.8 Å². The number of halogens is 3. The number of carboxylic acid groups (broad SMARTS) is 1. The quantitative estimate of drug-likeness (QED) is 0.182. The van der Waals surface area contributed by atoms with Gasteiger partial charge < -0.3 is 19.8 Å². The van der Waals surface area contributed by atoms with Gasteiger partial charge in [0.2, 0.25) is 0 Å². The Labute approximate surface area is 236 Å². The maximum absolute atomic E-state index is 13.8. The van der Waals surface area contributed by atoms with Crippen LogP contribution in [0, 0.1) is 17.0 Å². The zero-order valence-electron chi connectivity index (χ0n) is 21.8. The highest BCUT2D eigenvalue weighted by Gasteiger charge is 2.37. The van der Waals surface area contributed by atoms with Crippen LogP contribution >= 0.6 is 23.4 Å². The van der Waals surface area contributed by atoms with Crippen molar-refractivity contribution in [1.29, 1.82) is 0 Å². The molecule has 10 heteroatoms. The molecule has 1 saturated heterocycles. The molecule has 0 amide bonds.